The van der Waals surface area contributed by atoms with Crippen LogP contribution in [0.5, 0.6) is 0 Å². The molecule has 1 aromatic carbocycles. The Balaban J connectivity index is 1.57. The third-order valence-corrected chi connectivity index (χ3v) is 6.97. The predicted octanol–water partition coefficient (Wildman–Crippen LogP) is 3.00. The van der Waals surface area contributed by atoms with Crippen LogP contribution in [-0.2, 0) is 10.0 Å². The number of rotatable bonds is 3. The minimum absolute atomic E-state index is 0.0953. The quantitative estimate of drug-likeness (QED) is 0.771. The highest BCUT2D eigenvalue weighted by Gasteiger charge is 2.31. The van der Waals surface area contributed by atoms with E-state index in [9.17, 15) is 13.7 Å². The van der Waals surface area contributed by atoms with Gasteiger partial charge in [-0.05, 0) is 48.6 Å². The molecule has 0 aliphatic carbocycles. The molecule has 6 nitrogen and oxygen atoms in total. The molecular formula is C19H18N4O2S. The third-order valence-electron chi connectivity index (χ3n) is 5.01. The second-order valence-electron chi connectivity index (χ2n) is 6.43. The molecule has 7 heteroatoms. The lowest BCUT2D eigenvalue weighted by Crippen LogP contribution is -2.38. The highest BCUT2D eigenvalue weighted by molar-refractivity contribution is 7.89. The van der Waals surface area contributed by atoms with E-state index in [1.54, 1.807) is 24.4 Å². The molecule has 1 saturated heterocycles. The summed E-state index contributed by atoms with van der Waals surface area (Å²) in [6, 6.07) is 12.4. The van der Waals surface area contributed by atoms with Crippen molar-refractivity contribution in [2.75, 3.05) is 13.1 Å². The van der Waals surface area contributed by atoms with Crippen LogP contribution in [0.25, 0.3) is 11.0 Å². The first-order valence-electron chi connectivity index (χ1n) is 8.52. The van der Waals surface area contributed by atoms with Crippen molar-refractivity contribution in [1.29, 1.82) is 5.26 Å². The number of benzene rings is 1. The Morgan fingerprint density at radius 3 is 2.69 bits per heavy atom. The van der Waals surface area contributed by atoms with Crippen LogP contribution in [0.15, 0.2) is 53.7 Å². The summed E-state index contributed by atoms with van der Waals surface area (Å²) >= 11 is 0. The fourth-order valence-electron chi connectivity index (χ4n) is 3.67. The van der Waals surface area contributed by atoms with Gasteiger partial charge < -0.3 is 4.98 Å². The molecule has 0 saturated carbocycles. The normalized spacial score (nSPS) is 16.6. The molecule has 1 N–H and O–H groups in total. The summed E-state index contributed by atoms with van der Waals surface area (Å²) in [5.74, 6) is 0.300. The SMILES string of the molecule is N#Cc1ccccc1S(=O)(=O)N1CCC(c2ccnc3[nH]ccc23)CC1. The number of nitriles is 1. The highest BCUT2D eigenvalue weighted by atomic mass is 32.2. The molecule has 0 atom stereocenters. The van der Waals surface area contributed by atoms with Crippen molar-refractivity contribution in [1.82, 2.24) is 14.3 Å². The number of hydrogen-bond donors (Lipinski definition) is 1. The maximum Gasteiger partial charge on any atom is 0.244 e. The third kappa shape index (κ3) is 2.77. The minimum atomic E-state index is -3.65. The molecule has 0 spiro atoms. The summed E-state index contributed by atoms with van der Waals surface area (Å²) in [6.07, 6.45) is 5.16. The lowest BCUT2D eigenvalue weighted by Gasteiger charge is -2.31. The van der Waals surface area contributed by atoms with Gasteiger partial charge in [0.1, 0.15) is 11.7 Å². The summed E-state index contributed by atoms with van der Waals surface area (Å²) in [5, 5.41) is 10.3. The van der Waals surface area contributed by atoms with Crippen molar-refractivity contribution in [3.05, 3.63) is 59.9 Å². The minimum Gasteiger partial charge on any atom is -0.346 e. The van der Waals surface area contributed by atoms with Gasteiger partial charge in [0.05, 0.1) is 10.5 Å². The molecule has 0 amide bonds. The van der Waals surface area contributed by atoms with Gasteiger partial charge in [0.15, 0.2) is 0 Å². The maximum absolute atomic E-state index is 12.9. The standard InChI is InChI=1S/C19H18N4O2S/c20-13-15-3-1-2-4-18(15)26(24,25)23-11-7-14(8-12-23)16-5-9-21-19-17(16)6-10-22-19/h1-6,9-10,14H,7-8,11-12H2,(H,21,22). The average molecular weight is 366 g/mol. The number of sulfonamides is 1. The molecule has 1 aliphatic heterocycles. The first kappa shape index (κ1) is 16.8. The number of nitrogens with one attached hydrogen (secondary N) is 1. The van der Waals surface area contributed by atoms with Crippen LogP contribution in [0.1, 0.15) is 29.9 Å². The number of nitrogens with zero attached hydrogens (tertiary/aromatic N) is 3. The zero-order valence-corrected chi connectivity index (χ0v) is 14.9. The first-order chi connectivity index (χ1) is 12.6. The van der Waals surface area contributed by atoms with Crippen molar-refractivity contribution in [2.24, 2.45) is 0 Å². The van der Waals surface area contributed by atoms with E-state index >= 15 is 0 Å². The molecule has 3 heterocycles. The van der Waals surface area contributed by atoms with Crippen LogP contribution in [-0.4, -0.2) is 35.8 Å². The topological polar surface area (TPSA) is 89.8 Å². The van der Waals surface area contributed by atoms with E-state index in [0.29, 0.717) is 19.0 Å². The summed E-state index contributed by atoms with van der Waals surface area (Å²) in [4.78, 5) is 7.53. The van der Waals surface area contributed by atoms with Crippen LogP contribution in [0.4, 0.5) is 0 Å². The molecule has 3 aromatic rings. The summed E-state index contributed by atoms with van der Waals surface area (Å²) in [6.45, 7) is 0.891. The van der Waals surface area contributed by atoms with Gasteiger partial charge in [0, 0.05) is 30.9 Å². The Hall–Kier alpha value is -2.69. The van der Waals surface area contributed by atoms with Crippen molar-refractivity contribution in [3.8, 4) is 6.07 Å². The van der Waals surface area contributed by atoms with Crippen LogP contribution in [0, 0.1) is 11.3 Å². The average Bonchev–Trinajstić information content (AvgIpc) is 3.17. The van der Waals surface area contributed by atoms with Crippen molar-refractivity contribution in [3.63, 3.8) is 0 Å². The van der Waals surface area contributed by atoms with E-state index < -0.39 is 10.0 Å². The number of hydrogen-bond acceptors (Lipinski definition) is 4. The Morgan fingerprint density at radius 2 is 1.92 bits per heavy atom. The van der Waals surface area contributed by atoms with Crippen LogP contribution >= 0.6 is 0 Å². The zero-order chi connectivity index (χ0) is 18.1. The predicted molar refractivity (Wildman–Crippen MR) is 98.0 cm³/mol. The smallest absolute Gasteiger partial charge is 0.244 e. The van der Waals surface area contributed by atoms with Gasteiger partial charge in [-0.1, -0.05) is 12.1 Å². The summed E-state index contributed by atoms with van der Waals surface area (Å²) in [5.41, 5.74) is 2.27. The molecule has 0 bridgehead atoms. The first-order valence-corrected chi connectivity index (χ1v) is 9.96. The second-order valence-corrected chi connectivity index (χ2v) is 8.33. The van der Waals surface area contributed by atoms with Gasteiger partial charge in [0.2, 0.25) is 10.0 Å². The van der Waals surface area contributed by atoms with E-state index in [4.69, 9.17) is 0 Å². The Bertz CT molecular complexity index is 1090. The van der Waals surface area contributed by atoms with E-state index in [1.807, 2.05) is 24.4 Å². The number of aromatic amines is 1. The van der Waals surface area contributed by atoms with Crippen LogP contribution < -0.4 is 0 Å². The highest BCUT2D eigenvalue weighted by Crippen LogP contribution is 2.34. The fraction of sp³-hybridized carbons (Fsp3) is 0.263. The molecule has 26 heavy (non-hydrogen) atoms. The Labute approximate surface area is 152 Å². The summed E-state index contributed by atoms with van der Waals surface area (Å²) < 4.78 is 27.4. The summed E-state index contributed by atoms with van der Waals surface area (Å²) in [7, 11) is -3.65. The number of pyridine rings is 1. The number of aromatic nitrogens is 2. The number of fused-ring (bicyclic) bond motifs is 1. The lowest BCUT2D eigenvalue weighted by atomic mass is 9.89. The molecule has 1 fully saturated rings. The van der Waals surface area contributed by atoms with E-state index in [2.05, 4.69) is 9.97 Å². The number of piperidine rings is 1. The van der Waals surface area contributed by atoms with Crippen LogP contribution in [0.2, 0.25) is 0 Å². The van der Waals surface area contributed by atoms with Crippen LogP contribution in [0.3, 0.4) is 0 Å². The largest absolute Gasteiger partial charge is 0.346 e. The fourth-order valence-corrected chi connectivity index (χ4v) is 5.28. The van der Waals surface area contributed by atoms with Gasteiger partial charge >= 0.3 is 0 Å². The van der Waals surface area contributed by atoms with Gasteiger partial charge in [-0.3, -0.25) is 0 Å². The van der Waals surface area contributed by atoms with Crippen molar-refractivity contribution in [2.45, 2.75) is 23.7 Å². The van der Waals surface area contributed by atoms with Gasteiger partial charge in [-0.2, -0.15) is 9.57 Å². The van der Waals surface area contributed by atoms with Crippen molar-refractivity contribution < 1.29 is 8.42 Å². The molecule has 2 aromatic heterocycles. The van der Waals surface area contributed by atoms with Gasteiger partial charge in [-0.15, -0.1) is 0 Å². The molecule has 1 aliphatic rings. The van der Waals surface area contributed by atoms with Gasteiger partial charge in [-0.25, -0.2) is 13.4 Å². The second kappa shape index (κ2) is 6.56. The Morgan fingerprint density at radius 1 is 1.15 bits per heavy atom. The molecule has 132 valence electrons. The Kier molecular flexibility index (Phi) is 4.23. The van der Waals surface area contributed by atoms with Crippen molar-refractivity contribution >= 4 is 21.1 Å². The monoisotopic (exact) mass is 366 g/mol. The lowest BCUT2D eigenvalue weighted by molar-refractivity contribution is 0.320. The zero-order valence-electron chi connectivity index (χ0n) is 14.1. The number of H-pyrrole nitrogens is 1. The maximum atomic E-state index is 12.9. The molecule has 0 radical (unpaired) electrons. The van der Waals surface area contributed by atoms with E-state index in [0.717, 1.165) is 23.9 Å². The molecular weight excluding hydrogens is 348 g/mol. The van der Waals surface area contributed by atoms with Gasteiger partial charge in [0.25, 0.3) is 0 Å². The molecule has 4 rings (SSSR count). The van der Waals surface area contributed by atoms with E-state index in [1.165, 1.54) is 15.9 Å². The van der Waals surface area contributed by atoms with E-state index in [-0.39, 0.29) is 10.5 Å². The molecule has 0 unspecified atom stereocenters.